The summed E-state index contributed by atoms with van der Waals surface area (Å²) in [6, 6.07) is 3.81. The van der Waals surface area contributed by atoms with E-state index in [9.17, 15) is 19.4 Å². The van der Waals surface area contributed by atoms with Gasteiger partial charge in [-0.15, -0.1) is 0 Å². The molecular weight excluding hydrogens is 927 g/mol. The number of ether oxygens (including phenoxy) is 8. The number of carbonyl (C=O) groups excluding carboxylic acids is 3. The highest BCUT2D eigenvalue weighted by Gasteiger charge is 2.61. The van der Waals surface area contributed by atoms with Crippen LogP contribution in [-0.2, 0) is 53.9 Å². The van der Waals surface area contributed by atoms with Gasteiger partial charge in [0.05, 0.1) is 52.6 Å². The number of benzene rings is 1. The van der Waals surface area contributed by atoms with Crippen molar-refractivity contribution in [3.05, 3.63) is 34.6 Å². The molecule has 0 aromatic heterocycles. The van der Waals surface area contributed by atoms with E-state index in [0.29, 0.717) is 24.1 Å². The lowest BCUT2D eigenvalue weighted by Crippen LogP contribution is -2.63. The normalized spacial score (nSPS) is 43.7. The van der Waals surface area contributed by atoms with Crippen molar-refractivity contribution < 1.29 is 66.9 Å². The largest absolute Gasteiger partial charge is 0.458 e. The maximum atomic E-state index is 15.2. The Morgan fingerprint density at radius 3 is 2.09 bits per heavy atom. The molecule has 5 aliphatic heterocycles. The van der Waals surface area contributed by atoms with Crippen LogP contribution < -0.4 is 0 Å². The molecule has 0 bridgehead atoms. The molecule has 0 aliphatic carbocycles. The van der Waals surface area contributed by atoms with Crippen LogP contribution in [-0.4, -0.2) is 155 Å². The van der Waals surface area contributed by atoms with E-state index in [1.807, 2.05) is 34.6 Å². The number of ketones is 1. The molecular formula is C53H84ClFN2O13. The molecule has 1 aromatic rings. The number of amides is 1. The van der Waals surface area contributed by atoms with Crippen molar-refractivity contribution in [1.29, 1.82) is 0 Å². The van der Waals surface area contributed by atoms with Crippen LogP contribution in [0.5, 0.6) is 0 Å². The van der Waals surface area contributed by atoms with E-state index in [4.69, 9.17) is 49.5 Å². The van der Waals surface area contributed by atoms with E-state index in [-0.39, 0.29) is 55.2 Å². The minimum absolute atomic E-state index is 0.0514. The fourth-order valence-corrected chi connectivity index (χ4v) is 13.1. The predicted molar refractivity (Wildman–Crippen MR) is 260 cm³/mol. The van der Waals surface area contributed by atoms with Gasteiger partial charge in [0.2, 0.25) is 0 Å². The van der Waals surface area contributed by atoms with Gasteiger partial charge in [0.15, 0.2) is 18.2 Å². The minimum Gasteiger partial charge on any atom is -0.458 e. The third-order valence-corrected chi connectivity index (χ3v) is 17.4. The van der Waals surface area contributed by atoms with Crippen molar-refractivity contribution in [2.24, 2.45) is 23.7 Å². The van der Waals surface area contributed by atoms with Crippen LogP contribution >= 0.6 is 11.6 Å². The molecule has 0 saturated carbocycles. The highest BCUT2D eigenvalue weighted by Crippen LogP contribution is 2.45. The SMILES string of the molecule is CCC1CCC(CC)N1[C@H]1C[C@@H](C)O[C@@H](O[C@@H]2[C@@H](C)[C@H](O[C@H]3C[C@@](C)(OC)[C@@H](O)[C@H](C)O3)[C@@H](C)C(=O)O[C@H](CC)[C@@]3(C)OC(=O)N(CCc4ccc(F)c(Cl)c4)C3[C@@H](C)C(=O)[C@H](C)C[C@@]2(C)OC)[C@@H]1O. The van der Waals surface area contributed by atoms with E-state index in [2.05, 4.69) is 18.7 Å². The summed E-state index contributed by atoms with van der Waals surface area (Å²) in [6.07, 6.45) is -3.58. The van der Waals surface area contributed by atoms with Crippen molar-refractivity contribution in [2.75, 3.05) is 20.8 Å². The number of Topliss-reactive ketones (excluding diaryl/α,β-unsaturated/α-hetero) is 1. The second-order valence-corrected chi connectivity index (χ2v) is 22.2. The van der Waals surface area contributed by atoms with Crippen LogP contribution in [0.4, 0.5) is 9.18 Å². The van der Waals surface area contributed by atoms with Crippen LogP contribution in [0.1, 0.15) is 140 Å². The molecule has 1 amide bonds. The van der Waals surface area contributed by atoms with Gasteiger partial charge in [-0.05, 0) is 111 Å². The van der Waals surface area contributed by atoms with Gasteiger partial charge in [-0.3, -0.25) is 19.4 Å². The second-order valence-electron chi connectivity index (χ2n) is 21.8. The fourth-order valence-electron chi connectivity index (χ4n) is 12.9. The van der Waals surface area contributed by atoms with Crippen LogP contribution in [0.2, 0.25) is 5.02 Å². The molecule has 1 aromatic carbocycles. The zero-order valence-corrected chi connectivity index (χ0v) is 44.9. The molecule has 70 heavy (non-hydrogen) atoms. The summed E-state index contributed by atoms with van der Waals surface area (Å²) < 4.78 is 66.4. The minimum atomic E-state index is -1.50. The Bertz CT molecular complexity index is 1960. The van der Waals surface area contributed by atoms with Gasteiger partial charge in [0.1, 0.15) is 29.9 Å². The first-order valence-electron chi connectivity index (χ1n) is 26.0. The van der Waals surface area contributed by atoms with Gasteiger partial charge in [0, 0.05) is 63.1 Å². The zero-order valence-electron chi connectivity index (χ0n) is 44.2. The molecule has 15 nitrogen and oxygen atoms in total. The summed E-state index contributed by atoms with van der Waals surface area (Å²) in [7, 11) is 3.07. The Morgan fingerprint density at radius 1 is 0.857 bits per heavy atom. The number of hydrogen-bond acceptors (Lipinski definition) is 14. The number of likely N-dealkylation sites (tertiary alicyclic amines) is 1. The number of halogens is 2. The van der Waals surface area contributed by atoms with E-state index in [0.717, 1.165) is 25.7 Å². The third kappa shape index (κ3) is 11.3. The fraction of sp³-hybridized carbons (Fsp3) is 0.830. The number of cyclic esters (lactones) is 1. The van der Waals surface area contributed by atoms with Crippen LogP contribution in [0.3, 0.4) is 0 Å². The number of aliphatic hydroxyl groups excluding tert-OH is 2. The summed E-state index contributed by atoms with van der Waals surface area (Å²) >= 11 is 6.15. The van der Waals surface area contributed by atoms with Crippen molar-refractivity contribution in [3.8, 4) is 0 Å². The van der Waals surface area contributed by atoms with E-state index in [1.54, 1.807) is 47.8 Å². The Hall–Kier alpha value is -2.51. The van der Waals surface area contributed by atoms with Crippen molar-refractivity contribution in [1.82, 2.24) is 9.80 Å². The number of nitrogens with zero attached hydrogens (tertiary/aromatic N) is 2. The number of aliphatic hydroxyl groups is 2. The molecule has 0 radical (unpaired) electrons. The molecule has 398 valence electrons. The van der Waals surface area contributed by atoms with Gasteiger partial charge in [-0.25, -0.2) is 9.18 Å². The molecule has 3 unspecified atom stereocenters. The Balaban J connectivity index is 1.45. The summed E-state index contributed by atoms with van der Waals surface area (Å²) in [4.78, 5) is 48.4. The Labute approximate surface area is 421 Å². The molecule has 6 rings (SSSR count). The van der Waals surface area contributed by atoms with Crippen LogP contribution in [0.25, 0.3) is 0 Å². The lowest BCUT2D eigenvalue weighted by molar-refractivity contribution is -0.320. The molecule has 5 saturated heterocycles. The molecule has 0 spiro atoms. The zero-order chi connectivity index (χ0) is 51.8. The molecule has 5 aliphatic rings. The number of carbonyl (C=O) groups is 3. The van der Waals surface area contributed by atoms with Crippen molar-refractivity contribution in [2.45, 2.75) is 237 Å². The Kier molecular flexibility index (Phi) is 18.6. The highest BCUT2D eigenvalue weighted by atomic mass is 35.5. The monoisotopic (exact) mass is 1010 g/mol. The smallest absolute Gasteiger partial charge is 0.410 e. The Morgan fingerprint density at radius 2 is 1.50 bits per heavy atom. The average molecular weight is 1010 g/mol. The molecule has 2 N–H and O–H groups in total. The average Bonchev–Trinajstić information content (AvgIpc) is 3.87. The van der Waals surface area contributed by atoms with Crippen LogP contribution in [0.15, 0.2) is 18.2 Å². The topological polar surface area (TPSA) is 172 Å². The molecule has 20 atom stereocenters. The first kappa shape index (κ1) is 56.8. The molecule has 5 heterocycles. The molecule has 17 heteroatoms. The third-order valence-electron chi connectivity index (χ3n) is 17.1. The van der Waals surface area contributed by atoms with Gasteiger partial charge in [0.25, 0.3) is 0 Å². The first-order valence-corrected chi connectivity index (χ1v) is 26.3. The summed E-state index contributed by atoms with van der Waals surface area (Å²) in [5, 5.41) is 23.6. The standard InChI is InChI=1S/C53H84ClFN2O13/c1-15-35-19-20-36(16-2)57(35)39-24-29(5)65-49(43(39)59)69-47-31(7)44(68-41-27-51(10,63-13)46(60)33(9)66-41)32(8)48(61)67-40(17-3)53(12)45(30(6)42(58)28(4)26-52(47,11)64-14)56(50(62)70-53)23-22-34-18-21-38(55)37(54)25-34/h18,21,25,28-33,35-36,39-41,43-47,49,59-60H,15-17,19-20,22-24,26-27H2,1-14H3/t28-,29-,30+,31+,32-,33+,35?,36?,39+,40-,41+,43-,44+,45?,46+,47-,49+,51-,52-,53-/m1/s1. The number of esters is 1. The van der Waals surface area contributed by atoms with Crippen molar-refractivity contribution >= 4 is 29.4 Å². The van der Waals surface area contributed by atoms with Gasteiger partial charge < -0.3 is 48.1 Å². The number of rotatable bonds is 13. The quantitative estimate of drug-likeness (QED) is 0.182. The summed E-state index contributed by atoms with van der Waals surface area (Å²) in [6.45, 7) is 22.6. The van der Waals surface area contributed by atoms with Gasteiger partial charge in [-0.2, -0.15) is 0 Å². The van der Waals surface area contributed by atoms with E-state index < -0.39 is 114 Å². The number of hydrogen-bond donors (Lipinski definition) is 2. The predicted octanol–water partition coefficient (Wildman–Crippen LogP) is 8.03. The second kappa shape index (κ2) is 22.9. The summed E-state index contributed by atoms with van der Waals surface area (Å²) in [5.74, 6) is -4.73. The lowest BCUT2D eigenvalue weighted by Gasteiger charge is -2.50. The number of fused-ring (bicyclic) bond motifs is 1. The van der Waals surface area contributed by atoms with Crippen molar-refractivity contribution in [3.63, 3.8) is 0 Å². The maximum Gasteiger partial charge on any atom is 0.410 e. The number of methoxy groups -OCH3 is 2. The van der Waals surface area contributed by atoms with E-state index >= 15 is 9.59 Å². The summed E-state index contributed by atoms with van der Waals surface area (Å²) in [5.41, 5.74) is -3.19. The highest BCUT2D eigenvalue weighted by molar-refractivity contribution is 6.30. The van der Waals surface area contributed by atoms with Gasteiger partial charge in [-0.1, -0.05) is 59.2 Å². The van der Waals surface area contributed by atoms with E-state index in [1.165, 1.54) is 24.1 Å². The van der Waals surface area contributed by atoms with Crippen LogP contribution in [0, 0.1) is 29.5 Å². The maximum absolute atomic E-state index is 15.2. The van der Waals surface area contributed by atoms with Gasteiger partial charge >= 0.3 is 12.1 Å². The first-order chi connectivity index (χ1) is 32.9. The lowest BCUT2D eigenvalue weighted by atomic mass is 9.73. The molecule has 5 fully saturated rings.